The fourth-order valence-corrected chi connectivity index (χ4v) is 1.75. The summed E-state index contributed by atoms with van der Waals surface area (Å²) in [4.78, 5) is 22.0. The number of aromatic hydroxyl groups is 1. The highest BCUT2D eigenvalue weighted by molar-refractivity contribution is 6.12. The largest absolute Gasteiger partial charge is 0.507 e. The summed E-state index contributed by atoms with van der Waals surface area (Å²) in [5.74, 6) is -2.73. The number of carbonyl (C=O) groups is 2. The minimum Gasteiger partial charge on any atom is -0.507 e. The fourth-order valence-electron chi connectivity index (χ4n) is 1.75. The van der Waals surface area contributed by atoms with Crippen molar-refractivity contribution in [2.75, 3.05) is 0 Å². The van der Waals surface area contributed by atoms with Crippen molar-refractivity contribution >= 4 is 22.7 Å². The molecule has 0 aliphatic rings. The first kappa shape index (κ1) is 10.9. The predicted molar refractivity (Wildman–Crippen MR) is 59.5 cm³/mol. The first-order valence-corrected chi connectivity index (χ1v) is 4.73. The van der Waals surface area contributed by atoms with Crippen LogP contribution >= 0.6 is 0 Å². The summed E-state index contributed by atoms with van der Waals surface area (Å²) >= 11 is 0. The first-order valence-electron chi connectivity index (χ1n) is 4.73. The molecule has 0 heterocycles. The second-order valence-electron chi connectivity index (χ2n) is 3.47. The number of rotatable bonds is 2. The highest BCUT2D eigenvalue weighted by Gasteiger charge is 2.19. The van der Waals surface area contributed by atoms with Crippen molar-refractivity contribution < 1.29 is 24.9 Å². The molecular formula is C12H8O5. The monoisotopic (exact) mass is 232 g/mol. The maximum absolute atomic E-state index is 11.1. The second-order valence-corrected chi connectivity index (χ2v) is 3.47. The molecule has 3 N–H and O–H groups in total. The summed E-state index contributed by atoms with van der Waals surface area (Å²) in [5.41, 5.74) is -0.610. The van der Waals surface area contributed by atoms with Crippen molar-refractivity contribution in [3.05, 3.63) is 41.5 Å². The topological polar surface area (TPSA) is 94.8 Å². The maximum atomic E-state index is 11.1. The Morgan fingerprint density at radius 3 is 2.18 bits per heavy atom. The van der Waals surface area contributed by atoms with Crippen LogP contribution in [0.5, 0.6) is 5.75 Å². The van der Waals surface area contributed by atoms with Crippen LogP contribution in [0.15, 0.2) is 30.3 Å². The van der Waals surface area contributed by atoms with Crippen LogP contribution < -0.4 is 0 Å². The van der Waals surface area contributed by atoms with Gasteiger partial charge in [-0.1, -0.05) is 12.1 Å². The first-order chi connectivity index (χ1) is 8.02. The van der Waals surface area contributed by atoms with Crippen molar-refractivity contribution in [1.29, 1.82) is 0 Å². The van der Waals surface area contributed by atoms with Gasteiger partial charge in [0.1, 0.15) is 5.75 Å². The molecule has 2 rings (SSSR count). The molecule has 0 spiro atoms. The average molecular weight is 232 g/mol. The summed E-state index contributed by atoms with van der Waals surface area (Å²) in [6.45, 7) is 0. The van der Waals surface area contributed by atoms with Crippen LogP contribution in [0.2, 0.25) is 0 Å². The molecule has 0 aliphatic heterocycles. The smallest absolute Gasteiger partial charge is 0.337 e. The summed E-state index contributed by atoms with van der Waals surface area (Å²) in [6.07, 6.45) is 0. The molecule has 0 aromatic heterocycles. The van der Waals surface area contributed by atoms with E-state index in [-0.39, 0.29) is 22.3 Å². The van der Waals surface area contributed by atoms with Crippen LogP contribution in [0.3, 0.4) is 0 Å². The van der Waals surface area contributed by atoms with E-state index in [0.29, 0.717) is 5.39 Å². The summed E-state index contributed by atoms with van der Waals surface area (Å²) in [7, 11) is 0. The highest BCUT2D eigenvalue weighted by Crippen LogP contribution is 2.29. The molecule has 5 nitrogen and oxygen atoms in total. The number of phenolic OH excluding ortho intramolecular Hbond substituents is 1. The van der Waals surface area contributed by atoms with Crippen LogP contribution in [-0.2, 0) is 0 Å². The van der Waals surface area contributed by atoms with E-state index in [9.17, 15) is 14.7 Å². The van der Waals surface area contributed by atoms with E-state index < -0.39 is 11.9 Å². The molecule has 17 heavy (non-hydrogen) atoms. The molecule has 0 atom stereocenters. The Labute approximate surface area is 95.5 Å². The van der Waals surface area contributed by atoms with Crippen LogP contribution in [0.25, 0.3) is 10.8 Å². The van der Waals surface area contributed by atoms with Crippen molar-refractivity contribution in [2.24, 2.45) is 0 Å². The van der Waals surface area contributed by atoms with Crippen molar-refractivity contribution in [3.8, 4) is 5.75 Å². The van der Waals surface area contributed by atoms with Crippen LogP contribution in [0.1, 0.15) is 20.7 Å². The number of carboxylic acids is 2. The van der Waals surface area contributed by atoms with Gasteiger partial charge in [0.2, 0.25) is 0 Å². The lowest BCUT2D eigenvalue weighted by atomic mass is 9.98. The Balaban J connectivity index is 2.94. The maximum Gasteiger partial charge on any atom is 0.337 e. The third-order valence-electron chi connectivity index (χ3n) is 2.48. The van der Waals surface area contributed by atoms with Crippen LogP contribution in [0.4, 0.5) is 0 Å². The quantitative estimate of drug-likeness (QED) is 0.735. The third-order valence-corrected chi connectivity index (χ3v) is 2.48. The molecular weight excluding hydrogens is 224 g/mol. The van der Waals surface area contributed by atoms with Crippen LogP contribution in [0, 0.1) is 0 Å². The predicted octanol–water partition coefficient (Wildman–Crippen LogP) is 1.94. The van der Waals surface area contributed by atoms with Crippen LogP contribution in [-0.4, -0.2) is 27.3 Å². The number of fused-ring (bicyclic) bond motifs is 1. The average Bonchev–Trinajstić information content (AvgIpc) is 2.27. The van der Waals surface area contributed by atoms with Gasteiger partial charge in [0.25, 0.3) is 0 Å². The van der Waals surface area contributed by atoms with E-state index in [1.54, 1.807) is 0 Å². The Morgan fingerprint density at radius 1 is 0.882 bits per heavy atom. The number of hydrogen-bond donors (Lipinski definition) is 3. The molecule has 0 aliphatic carbocycles. The second kappa shape index (κ2) is 3.79. The van der Waals surface area contributed by atoms with E-state index >= 15 is 0 Å². The zero-order valence-corrected chi connectivity index (χ0v) is 8.54. The molecule has 0 bridgehead atoms. The Hall–Kier alpha value is -2.56. The SMILES string of the molecule is O=C(O)c1ccc2c(O)cccc2c1C(=O)O. The van der Waals surface area contributed by atoms with Crippen molar-refractivity contribution in [2.45, 2.75) is 0 Å². The Kier molecular flexibility index (Phi) is 2.44. The van der Waals surface area contributed by atoms with Gasteiger partial charge in [-0.2, -0.15) is 0 Å². The van der Waals surface area contributed by atoms with E-state index in [1.807, 2.05) is 0 Å². The Morgan fingerprint density at radius 2 is 1.59 bits per heavy atom. The lowest BCUT2D eigenvalue weighted by Crippen LogP contribution is -2.08. The van der Waals surface area contributed by atoms with Crippen molar-refractivity contribution in [1.82, 2.24) is 0 Å². The molecule has 0 fully saturated rings. The molecule has 0 radical (unpaired) electrons. The molecule has 0 saturated heterocycles. The van der Waals surface area contributed by atoms with Gasteiger partial charge in [-0.15, -0.1) is 0 Å². The summed E-state index contributed by atoms with van der Waals surface area (Å²) in [6, 6.07) is 6.91. The number of carboxylic acid groups (broad SMARTS) is 2. The third kappa shape index (κ3) is 1.67. The van der Waals surface area contributed by atoms with Gasteiger partial charge in [0, 0.05) is 10.8 Å². The van der Waals surface area contributed by atoms with Gasteiger partial charge >= 0.3 is 11.9 Å². The number of phenols is 1. The normalized spacial score (nSPS) is 10.4. The Bertz CT molecular complexity index is 630. The fraction of sp³-hybridized carbons (Fsp3) is 0. The summed E-state index contributed by atoms with van der Waals surface area (Å²) < 4.78 is 0. The van der Waals surface area contributed by atoms with E-state index in [1.165, 1.54) is 30.3 Å². The summed E-state index contributed by atoms with van der Waals surface area (Å²) in [5, 5.41) is 28.1. The number of aromatic carboxylic acids is 2. The molecule has 0 amide bonds. The highest BCUT2D eigenvalue weighted by atomic mass is 16.4. The lowest BCUT2D eigenvalue weighted by molar-refractivity contribution is 0.0653. The molecule has 0 unspecified atom stereocenters. The van der Waals surface area contributed by atoms with Gasteiger partial charge < -0.3 is 15.3 Å². The van der Waals surface area contributed by atoms with Gasteiger partial charge in [-0.05, 0) is 18.2 Å². The van der Waals surface area contributed by atoms with Gasteiger partial charge in [0.05, 0.1) is 11.1 Å². The van der Waals surface area contributed by atoms with Crippen molar-refractivity contribution in [3.63, 3.8) is 0 Å². The molecule has 2 aromatic rings. The van der Waals surface area contributed by atoms with Gasteiger partial charge in [-0.3, -0.25) is 0 Å². The minimum atomic E-state index is -1.33. The molecule has 2 aromatic carbocycles. The van der Waals surface area contributed by atoms with E-state index in [2.05, 4.69) is 0 Å². The minimum absolute atomic E-state index is 0.0815. The van der Waals surface area contributed by atoms with E-state index in [0.717, 1.165) is 0 Å². The number of hydrogen-bond acceptors (Lipinski definition) is 3. The zero-order chi connectivity index (χ0) is 12.6. The zero-order valence-electron chi connectivity index (χ0n) is 8.54. The lowest BCUT2D eigenvalue weighted by Gasteiger charge is -2.07. The molecule has 86 valence electrons. The van der Waals surface area contributed by atoms with Gasteiger partial charge in [-0.25, -0.2) is 9.59 Å². The van der Waals surface area contributed by atoms with Gasteiger partial charge in [0.15, 0.2) is 0 Å². The molecule has 5 heteroatoms. The van der Waals surface area contributed by atoms with E-state index in [4.69, 9.17) is 10.2 Å². The number of benzene rings is 2. The standard InChI is InChI=1S/C12H8O5/c13-9-3-1-2-7-6(9)4-5-8(11(14)15)10(7)12(16)17/h1-5,13H,(H,14,15)(H,16,17). The molecule has 0 saturated carbocycles.